The van der Waals surface area contributed by atoms with Gasteiger partial charge in [-0.05, 0) is 24.3 Å². The molecule has 0 unspecified atom stereocenters. The zero-order chi connectivity index (χ0) is 10.9. The molecule has 0 bridgehead atoms. The Labute approximate surface area is 104 Å². The van der Waals surface area contributed by atoms with Gasteiger partial charge >= 0.3 is 0 Å². The Kier molecular flexibility index (Phi) is 6.94. The highest BCUT2D eigenvalue weighted by Gasteiger charge is 2.05. The molecule has 0 aliphatic heterocycles. The zero-order valence-corrected chi connectivity index (χ0v) is 11.3. The summed E-state index contributed by atoms with van der Waals surface area (Å²) in [5.74, 6) is 0.311. The normalized spacial score (nSPS) is 10.5. The van der Waals surface area contributed by atoms with E-state index in [9.17, 15) is 4.79 Å². The molecule has 0 aliphatic rings. The fraction of sp³-hybridized carbons (Fsp3) is 0.583. The maximum absolute atomic E-state index is 11.6. The lowest BCUT2D eigenvalue weighted by molar-refractivity contribution is 0.0983. The van der Waals surface area contributed by atoms with Crippen molar-refractivity contribution in [3.8, 4) is 0 Å². The van der Waals surface area contributed by atoms with E-state index in [4.69, 9.17) is 0 Å². The molecule has 0 atom stereocenters. The quantitative estimate of drug-likeness (QED) is 0.386. The molecule has 0 aliphatic carbocycles. The Balaban J connectivity index is 2.03. The SMILES string of the molecule is O=C(CCCCCCCBr)c1cccs1. The molecule has 0 N–H and O–H groups in total. The molecule has 1 aromatic rings. The standard InChI is InChI=1S/C12H17BrOS/c13-9-5-3-1-2-4-7-11(14)12-8-6-10-15-12/h6,8,10H,1-5,7,9H2. The van der Waals surface area contributed by atoms with Crippen molar-refractivity contribution in [1.29, 1.82) is 0 Å². The fourth-order valence-electron chi connectivity index (χ4n) is 1.47. The third-order valence-corrected chi connectivity index (χ3v) is 3.81. The molecular weight excluding hydrogens is 272 g/mol. The van der Waals surface area contributed by atoms with Gasteiger partial charge in [-0.1, -0.05) is 41.3 Å². The zero-order valence-electron chi connectivity index (χ0n) is 8.88. The number of hydrogen-bond donors (Lipinski definition) is 0. The van der Waals surface area contributed by atoms with Gasteiger partial charge in [0.25, 0.3) is 0 Å². The van der Waals surface area contributed by atoms with Crippen LogP contribution >= 0.6 is 27.3 Å². The molecule has 0 amide bonds. The molecule has 15 heavy (non-hydrogen) atoms. The van der Waals surface area contributed by atoms with E-state index in [-0.39, 0.29) is 0 Å². The van der Waals surface area contributed by atoms with Crippen molar-refractivity contribution in [3.05, 3.63) is 22.4 Å². The molecule has 0 radical (unpaired) electrons. The number of Topliss-reactive ketones (excluding diaryl/α,β-unsaturated/α-hetero) is 1. The number of unbranched alkanes of at least 4 members (excludes halogenated alkanes) is 4. The minimum Gasteiger partial charge on any atom is -0.293 e. The number of halogens is 1. The van der Waals surface area contributed by atoms with Gasteiger partial charge in [-0.25, -0.2) is 0 Å². The summed E-state index contributed by atoms with van der Waals surface area (Å²) >= 11 is 4.96. The highest BCUT2D eigenvalue weighted by atomic mass is 79.9. The van der Waals surface area contributed by atoms with E-state index in [1.807, 2.05) is 17.5 Å². The summed E-state index contributed by atoms with van der Waals surface area (Å²) in [6, 6.07) is 3.85. The van der Waals surface area contributed by atoms with Crippen LogP contribution in [0, 0.1) is 0 Å². The van der Waals surface area contributed by atoms with Crippen LogP contribution in [0.4, 0.5) is 0 Å². The van der Waals surface area contributed by atoms with Crippen LogP contribution in [0.2, 0.25) is 0 Å². The maximum atomic E-state index is 11.6. The minimum atomic E-state index is 0.311. The average molecular weight is 289 g/mol. The van der Waals surface area contributed by atoms with Crippen molar-refractivity contribution in [1.82, 2.24) is 0 Å². The van der Waals surface area contributed by atoms with E-state index in [0.29, 0.717) is 5.78 Å². The number of rotatable bonds is 8. The van der Waals surface area contributed by atoms with Crippen LogP contribution in [0.15, 0.2) is 17.5 Å². The van der Waals surface area contributed by atoms with Gasteiger partial charge in [0, 0.05) is 11.8 Å². The van der Waals surface area contributed by atoms with Crippen molar-refractivity contribution in [2.45, 2.75) is 38.5 Å². The van der Waals surface area contributed by atoms with Crippen molar-refractivity contribution in [2.75, 3.05) is 5.33 Å². The molecular formula is C12H17BrOS. The van der Waals surface area contributed by atoms with Gasteiger partial charge in [0.1, 0.15) is 0 Å². The summed E-state index contributed by atoms with van der Waals surface area (Å²) in [7, 11) is 0. The molecule has 1 aromatic heterocycles. The van der Waals surface area contributed by atoms with Gasteiger partial charge in [0.05, 0.1) is 4.88 Å². The van der Waals surface area contributed by atoms with Crippen LogP contribution in [-0.2, 0) is 0 Å². The van der Waals surface area contributed by atoms with Crippen molar-refractivity contribution >= 4 is 33.0 Å². The third-order valence-electron chi connectivity index (χ3n) is 2.33. The van der Waals surface area contributed by atoms with Crippen LogP contribution in [0.25, 0.3) is 0 Å². The van der Waals surface area contributed by atoms with Crippen molar-refractivity contribution in [2.24, 2.45) is 0 Å². The Bertz CT molecular complexity index is 269. The van der Waals surface area contributed by atoms with E-state index in [0.717, 1.165) is 23.0 Å². The highest BCUT2D eigenvalue weighted by molar-refractivity contribution is 9.09. The van der Waals surface area contributed by atoms with Crippen LogP contribution in [0.3, 0.4) is 0 Å². The molecule has 1 nitrogen and oxygen atoms in total. The Morgan fingerprint density at radius 3 is 2.60 bits per heavy atom. The first-order valence-corrected chi connectivity index (χ1v) is 7.47. The molecule has 84 valence electrons. The number of carbonyl (C=O) groups is 1. The second kappa shape index (κ2) is 8.05. The van der Waals surface area contributed by atoms with Gasteiger partial charge in [-0.15, -0.1) is 11.3 Å². The number of hydrogen-bond acceptors (Lipinski definition) is 2. The summed E-state index contributed by atoms with van der Waals surface area (Å²) < 4.78 is 0. The third kappa shape index (κ3) is 5.47. The summed E-state index contributed by atoms with van der Waals surface area (Å²) in [5.41, 5.74) is 0. The maximum Gasteiger partial charge on any atom is 0.172 e. The number of carbonyl (C=O) groups excluding carboxylic acids is 1. The average Bonchev–Trinajstić information content (AvgIpc) is 2.76. The smallest absolute Gasteiger partial charge is 0.172 e. The van der Waals surface area contributed by atoms with Crippen molar-refractivity contribution < 1.29 is 4.79 Å². The number of alkyl halides is 1. The highest BCUT2D eigenvalue weighted by Crippen LogP contribution is 2.14. The first kappa shape index (κ1) is 12.9. The lowest BCUT2D eigenvalue weighted by Crippen LogP contribution is -1.95. The molecule has 0 saturated heterocycles. The monoisotopic (exact) mass is 288 g/mol. The van der Waals surface area contributed by atoms with E-state index in [1.54, 1.807) is 11.3 Å². The van der Waals surface area contributed by atoms with Gasteiger partial charge in [0.2, 0.25) is 0 Å². The predicted octanol–water partition coefficient (Wildman–Crippen LogP) is 4.67. The number of thiophene rings is 1. The molecule has 0 saturated carbocycles. The van der Waals surface area contributed by atoms with Gasteiger partial charge in [0.15, 0.2) is 5.78 Å². The predicted molar refractivity (Wildman–Crippen MR) is 70.1 cm³/mol. The Morgan fingerprint density at radius 2 is 1.93 bits per heavy atom. The van der Waals surface area contributed by atoms with E-state index in [2.05, 4.69) is 15.9 Å². The Morgan fingerprint density at radius 1 is 1.20 bits per heavy atom. The molecule has 3 heteroatoms. The first-order chi connectivity index (χ1) is 7.34. The topological polar surface area (TPSA) is 17.1 Å². The van der Waals surface area contributed by atoms with E-state index >= 15 is 0 Å². The fourth-order valence-corrected chi connectivity index (χ4v) is 2.56. The first-order valence-electron chi connectivity index (χ1n) is 5.47. The molecule has 0 aromatic carbocycles. The Hall–Kier alpha value is -0.150. The van der Waals surface area contributed by atoms with Gasteiger partial charge in [-0.2, -0.15) is 0 Å². The van der Waals surface area contributed by atoms with Crippen LogP contribution < -0.4 is 0 Å². The lowest BCUT2D eigenvalue weighted by atomic mass is 10.1. The summed E-state index contributed by atoms with van der Waals surface area (Å²) in [6.07, 6.45) is 6.72. The summed E-state index contributed by atoms with van der Waals surface area (Å²) in [5, 5.41) is 3.06. The van der Waals surface area contributed by atoms with E-state index in [1.165, 1.54) is 25.7 Å². The number of ketones is 1. The molecule has 0 fully saturated rings. The van der Waals surface area contributed by atoms with Gasteiger partial charge in [-0.3, -0.25) is 4.79 Å². The van der Waals surface area contributed by atoms with Crippen molar-refractivity contribution in [3.63, 3.8) is 0 Å². The summed E-state index contributed by atoms with van der Waals surface area (Å²) in [6.45, 7) is 0. The van der Waals surface area contributed by atoms with Crippen LogP contribution in [0.1, 0.15) is 48.2 Å². The van der Waals surface area contributed by atoms with Crippen LogP contribution in [-0.4, -0.2) is 11.1 Å². The second-order valence-electron chi connectivity index (χ2n) is 3.61. The molecule has 1 heterocycles. The summed E-state index contributed by atoms with van der Waals surface area (Å²) in [4.78, 5) is 12.5. The molecule has 1 rings (SSSR count). The molecule has 0 spiro atoms. The van der Waals surface area contributed by atoms with Crippen LogP contribution in [0.5, 0.6) is 0 Å². The largest absolute Gasteiger partial charge is 0.293 e. The van der Waals surface area contributed by atoms with E-state index < -0.39 is 0 Å². The lowest BCUT2D eigenvalue weighted by Gasteiger charge is -1.99. The van der Waals surface area contributed by atoms with Gasteiger partial charge < -0.3 is 0 Å². The second-order valence-corrected chi connectivity index (χ2v) is 5.35. The minimum absolute atomic E-state index is 0.311.